The summed E-state index contributed by atoms with van der Waals surface area (Å²) in [5.74, 6) is -0.994. The predicted molar refractivity (Wildman–Crippen MR) is 63.9 cm³/mol. The molecule has 1 saturated heterocycles. The molecule has 1 fully saturated rings. The van der Waals surface area contributed by atoms with E-state index in [0.29, 0.717) is 6.42 Å². The zero-order valence-corrected chi connectivity index (χ0v) is 10.4. The first kappa shape index (κ1) is 13.8. The molecule has 0 bridgehead atoms. The molecule has 2 amide bonds. The van der Waals surface area contributed by atoms with Gasteiger partial charge in [-0.15, -0.1) is 0 Å². The van der Waals surface area contributed by atoms with Gasteiger partial charge in [-0.3, -0.25) is 0 Å². The maximum absolute atomic E-state index is 11.6. The summed E-state index contributed by atoms with van der Waals surface area (Å²) in [4.78, 5) is 24.5. The van der Waals surface area contributed by atoms with Crippen LogP contribution >= 0.6 is 0 Å². The topological polar surface area (TPSA) is 81.7 Å². The number of amides is 2. The van der Waals surface area contributed by atoms with Gasteiger partial charge in [0.1, 0.15) is 6.04 Å². The first-order valence-corrected chi connectivity index (χ1v) is 6.01. The lowest BCUT2D eigenvalue weighted by atomic mass is 10.1. The Bertz CT molecular complexity index is 275. The highest BCUT2D eigenvalue weighted by atomic mass is 16.4. The fraction of sp³-hybridized carbons (Fsp3) is 0.818. The van der Waals surface area contributed by atoms with Gasteiger partial charge in [0.2, 0.25) is 0 Å². The molecule has 1 aliphatic rings. The summed E-state index contributed by atoms with van der Waals surface area (Å²) in [6, 6.07) is -1.03. The Kier molecular flexibility index (Phi) is 5.21. The van der Waals surface area contributed by atoms with Crippen LogP contribution in [0.1, 0.15) is 26.2 Å². The van der Waals surface area contributed by atoms with E-state index in [-0.39, 0.29) is 12.1 Å². The van der Waals surface area contributed by atoms with Crippen molar-refractivity contribution < 1.29 is 14.7 Å². The van der Waals surface area contributed by atoms with Crippen LogP contribution in [-0.2, 0) is 4.79 Å². The minimum absolute atomic E-state index is 0.150. The number of carbonyl (C=O) groups is 2. The first-order valence-electron chi connectivity index (χ1n) is 6.01. The van der Waals surface area contributed by atoms with E-state index in [9.17, 15) is 9.59 Å². The van der Waals surface area contributed by atoms with Gasteiger partial charge >= 0.3 is 12.0 Å². The molecular weight excluding hydrogens is 222 g/mol. The minimum atomic E-state index is -0.994. The third kappa shape index (κ3) is 4.60. The van der Waals surface area contributed by atoms with Crippen LogP contribution in [0.4, 0.5) is 4.79 Å². The van der Waals surface area contributed by atoms with Crippen molar-refractivity contribution in [2.75, 3.05) is 20.1 Å². The summed E-state index contributed by atoms with van der Waals surface area (Å²) in [5, 5.41) is 14.1. The number of hydrogen-bond donors (Lipinski definition) is 3. The molecule has 0 saturated carbocycles. The van der Waals surface area contributed by atoms with E-state index in [0.717, 1.165) is 25.9 Å². The Morgan fingerprint density at radius 2 is 2.00 bits per heavy atom. The molecule has 0 radical (unpaired) electrons. The highest BCUT2D eigenvalue weighted by molar-refractivity contribution is 5.82. The summed E-state index contributed by atoms with van der Waals surface area (Å²) < 4.78 is 0. The molecular formula is C11H21N3O3. The van der Waals surface area contributed by atoms with E-state index in [1.54, 1.807) is 6.92 Å². The van der Waals surface area contributed by atoms with E-state index in [2.05, 4.69) is 15.5 Å². The van der Waals surface area contributed by atoms with Gasteiger partial charge in [-0.2, -0.15) is 0 Å². The lowest BCUT2D eigenvalue weighted by Gasteiger charge is -2.29. The number of carboxylic acids is 1. The van der Waals surface area contributed by atoms with Crippen molar-refractivity contribution in [3.63, 3.8) is 0 Å². The number of carboxylic acid groups (broad SMARTS) is 1. The fourth-order valence-corrected chi connectivity index (χ4v) is 1.88. The Labute approximate surface area is 101 Å². The number of likely N-dealkylation sites (tertiary alicyclic amines) is 1. The van der Waals surface area contributed by atoms with Crippen LogP contribution in [-0.4, -0.2) is 54.2 Å². The quantitative estimate of drug-likeness (QED) is 0.661. The van der Waals surface area contributed by atoms with Crippen LogP contribution in [0, 0.1) is 0 Å². The predicted octanol–water partition coefficient (Wildman–Crippen LogP) is 0.243. The maximum atomic E-state index is 11.6. The van der Waals surface area contributed by atoms with Gasteiger partial charge in [0.15, 0.2) is 0 Å². The summed E-state index contributed by atoms with van der Waals surface area (Å²) in [6.45, 7) is 3.65. The second-order valence-corrected chi connectivity index (χ2v) is 4.49. The Morgan fingerprint density at radius 3 is 2.47 bits per heavy atom. The molecule has 1 heterocycles. The molecule has 98 valence electrons. The number of rotatable bonds is 4. The van der Waals surface area contributed by atoms with E-state index in [4.69, 9.17) is 5.11 Å². The highest BCUT2D eigenvalue weighted by Crippen LogP contribution is 2.07. The van der Waals surface area contributed by atoms with Crippen molar-refractivity contribution in [3.05, 3.63) is 0 Å². The Morgan fingerprint density at radius 1 is 1.41 bits per heavy atom. The molecule has 1 rings (SSSR count). The number of aliphatic carboxylic acids is 1. The SMILES string of the molecule is CCC(NC(=O)NC1CCN(C)CC1)C(=O)O. The lowest BCUT2D eigenvalue weighted by molar-refractivity contribution is -0.139. The van der Waals surface area contributed by atoms with Crippen molar-refractivity contribution in [1.82, 2.24) is 15.5 Å². The average molecular weight is 243 g/mol. The molecule has 0 spiro atoms. The second-order valence-electron chi connectivity index (χ2n) is 4.49. The smallest absolute Gasteiger partial charge is 0.326 e. The van der Waals surface area contributed by atoms with E-state index in [1.165, 1.54) is 0 Å². The van der Waals surface area contributed by atoms with Crippen molar-refractivity contribution in [2.24, 2.45) is 0 Å². The summed E-state index contributed by atoms with van der Waals surface area (Å²) in [5.41, 5.74) is 0. The van der Waals surface area contributed by atoms with Crippen molar-refractivity contribution >= 4 is 12.0 Å². The molecule has 1 unspecified atom stereocenters. The summed E-state index contributed by atoms with van der Waals surface area (Å²) >= 11 is 0. The number of nitrogens with one attached hydrogen (secondary N) is 2. The van der Waals surface area contributed by atoms with E-state index >= 15 is 0 Å². The van der Waals surface area contributed by atoms with Gasteiger partial charge in [-0.1, -0.05) is 6.92 Å². The molecule has 0 aromatic heterocycles. The lowest BCUT2D eigenvalue weighted by Crippen LogP contribution is -2.51. The van der Waals surface area contributed by atoms with Crippen molar-refractivity contribution in [3.8, 4) is 0 Å². The van der Waals surface area contributed by atoms with Crippen LogP contribution in [0.25, 0.3) is 0 Å². The number of nitrogens with zero attached hydrogens (tertiary/aromatic N) is 1. The zero-order valence-electron chi connectivity index (χ0n) is 10.4. The molecule has 0 aromatic carbocycles. The average Bonchev–Trinajstić information content (AvgIpc) is 2.28. The second kappa shape index (κ2) is 6.44. The number of piperidine rings is 1. The van der Waals surface area contributed by atoms with Crippen molar-refractivity contribution in [2.45, 2.75) is 38.3 Å². The monoisotopic (exact) mass is 243 g/mol. The van der Waals surface area contributed by atoms with Gasteiger partial charge in [0.05, 0.1) is 0 Å². The molecule has 17 heavy (non-hydrogen) atoms. The Hall–Kier alpha value is -1.30. The van der Waals surface area contributed by atoms with Gasteiger partial charge in [-0.05, 0) is 39.4 Å². The fourth-order valence-electron chi connectivity index (χ4n) is 1.88. The van der Waals surface area contributed by atoms with Crippen LogP contribution in [0.2, 0.25) is 0 Å². The zero-order chi connectivity index (χ0) is 12.8. The highest BCUT2D eigenvalue weighted by Gasteiger charge is 2.21. The molecule has 6 heteroatoms. The summed E-state index contributed by atoms with van der Waals surface area (Å²) in [6.07, 6.45) is 2.21. The third-order valence-electron chi connectivity index (χ3n) is 3.07. The maximum Gasteiger partial charge on any atom is 0.326 e. The summed E-state index contributed by atoms with van der Waals surface area (Å²) in [7, 11) is 2.05. The van der Waals surface area contributed by atoms with Crippen molar-refractivity contribution in [1.29, 1.82) is 0 Å². The normalized spacial score (nSPS) is 19.6. The number of carbonyl (C=O) groups excluding carboxylic acids is 1. The number of hydrogen-bond acceptors (Lipinski definition) is 3. The molecule has 1 aliphatic heterocycles. The standard InChI is InChI=1S/C11H21N3O3/c1-3-9(10(15)16)13-11(17)12-8-4-6-14(2)7-5-8/h8-9H,3-7H2,1-2H3,(H,15,16)(H2,12,13,17). The van der Waals surface area contributed by atoms with Crippen LogP contribution < -0.4 is 10.6 Å². The van der Waals surface area contributed by atoms with Gasteiger partial charge in [0.25, 0.3) is 0 Å². The molecule has 3 N–H and O–H groups in total. The Balaban J connectivity index is 2.31. The number of urea groups is 1. The third-order valence-corrected chi connectivity index (χ3v) is 3.07. The molecule has 0 aliphatic carbocycles. The van der Waals surface area contributed by atoms with Crippen LogP contribution in [0.5, 0.6) is 0 Å². The van der Waals surface area contributed by atoms with Crippen LogP contribution in [0.3, 0.4) is 0 Å². The van der Waals surface area contributed by atoms with Gasteiger partial charge < -0.3 is 20.6 Å². The molecule has 1 atom stereocenters. The first-order chi connectivity index (χ1) is 8.02. The minimum Gasteiger partial charge on any atom is -0.480 e. The molecule has 0 aromatic rings. The van der Waals surface area contributed by atoms with Gasteiger partial charge in [-0.25, -0.2) is 9.59 Å². The largest absolute Gasteiger partial charge is 0.480 e. The van der Waals surface area contributed by atoms with E-state index < -0.39 is 12.0 Å². The van der Waals surface area contributed by atoms with E-state index in [1.807, 2.05) is 7.05 Å². The van der Waals surface area contributed by atoms with Gasteiger partial charge in [0, 0.05) is 6.04 Å². The van der Waals surface area contributed by atoms with Crippen LogP contribution in [0.15, 0.2) is 0 Å². The molecule has 6 nitrogen and oxygen atoms in total.